The number of hydrogen-bond acceptors (Lipinski definition) is 9. The van der Waals surface area contributed by atoms with Crippen LogP contribution >= 0.6 is 7.82 Å². The predicted molar refractivity (Wildman–Crippen MR) is 154 cm³/mol. The maximum atomic E-state index is 12.4. The average Bonchev–Trinajstić information content (AvgIpc) is 2.89. The number of aliphatic carboxylic acids is 1. The summed E-state index contributed by atoms with van der Waals surface area (Å²) in [7, 11) is -5.12. The van der Waals surface area contributed by atoms with Gasteiger partial charge in [0, 0.05) is 25.2 Å². The molecule has 0 aromatic carbocycles. The number of carbonyl (C=O) groups is 3. The van der Waals surface area contributed by atoms with Crippen LogP contribution in [0.3, 0.4) is 0 Å². The molecule has 0 amide bonds. The Morgan fingerprint density at radius 1 is 1.19 bits per heavy atom. The van der Waals surface area contributed by atoms with Crippen molar-refractivity contribution in [1.29, 1.82) is 0 Å². The van der Waals surface area contributed by atoms with Crippen molar-refractivity contribution in [3.8, 4) is 0 Å². The standard InChI is InChI=1S/C29H46NO11P/c1-2-24-21(16-23(32)19-27(33)34)17-28(35)40-25(24)12-13-29(36,14-15-30)26(41-42(37,38)39)18-22(31)11-7-6-10-20-8-4-3-5-9-20/h6-7,10-13,20-22,24-26,31,36H,2-5,8-9,14-19,30H2,1H3,(H,33,34)(H2,37,38,39). The first-order chi connectivity index (χ1) is 19.8. The normalized spacial score (nSPS) is 25.5. The number of cyclic esters (lactones) is 1. The van der Waals surface area contributed by atoms with E-state index < -0.39 is 61.8 Å². The summed E-state index contributed by atoms with van der Waals surface area (Å²) in [5.74, 6) is -2.78. The monoisotopic (exact) mass is 615 g/mol. The number of carboxylic acid groups (broad SMARTS) is 1. The Morgan fingerprint density at radius 3 is 2.48 bits per heavy atom. The predicted octanol–water partition coefficient (Wildman–Crippen LogP) is 2.94. The number of nitrogens with two attached hydrogens (primary N) is 1. The van der Waals surface area contributed by atoms with Gasteiger partial charge in [-0.05, 0) is 50.1 Å². The number of rotatable bonds is 17. The molecule has 7 N–H and O–H groups in total. The molecule has 0 spiro atoms. The van der Waals surface area contributed by atoms with Crippen LogP contribution in [0.1, 0.15) is 77.6 Å². The number of carboxylic acids is 1. The maximum Gasteiger partial charge on any atom is 0.469 e. The summed E-state index contributed by atoms with van der Waals surface area (Å²) in [6.45, 7) is 1.71. The van der Waals surface area contributed by atoms with Crippen molar-refractivity contribution in [2.45, 2.75) is 101 Å². The number of hydrogen-bond donors (Lipinski definition) is 6. The summed E-state index contributed by atoms with van der Waals surface area (Å²) in [4.78, 5) is 54.6. The molecule has 1 aliphatic heterocycles. The highest BCUT2D eigenvalue weighted by atomic mass is 31.2. The van der Waals surface area contributed by atoms with Gasteiger partial charge in [-0.3, -0.25) is 18.9 Å². The number of aliphatic hydroxyl groups is 2. The molecular weight excluding hydrogens is 569 g/mol. The Labute approximate surface area is 246 Å². The fraction of sp³-hybridized carbons (Fsp3) is 0.690. The lowest BCUT2D eigenvalue weighted by Gasteiger charge is -2.37. The van der Waals surface area contributed by atoms with Crippen LogP contribution in [0.5, 0.6) is 0 Å². The molecule has 0 radical (unpaired) electrons. The van der Waals surface area contributed by atoms with Crippen molar-refractivity contribution in [3.05, 3.63) is 36.5 Å². The van der Waals surface area contributed by atoms with Crippen LogP contribution in [0.4, 0.5) is 0 Å². The molecule has 6 unspecified atom stereocenters. The average molecular weight is 616 g/mol. The van der Waals surface area contributed by atoms with Crippen molar-refractivity contribution < 1.29 is 53.3 Å². The summed E-state index contributed by atoms with van der Waals surface area (Å²) in [6.07, 6.45) is 10.7. The van der Waals surface area contributed by atoms with E-state index >= 15 is 0 Å². The minimum atomic E-state index is -5.12. The van der Waals surface area contributed by atoms with Gasteiger partial charge in [0.2, 0.25) is 0 Å². The number of phosphoric acid groups is 1. The fourth-order valence-corrected chi connectivity index (χ4v) is 6.41. The molecule has 0 aromatic rings. The molecule has 12 nitrogen and oxygen atoms in total. The van der Waals surface area contributed by atoms with E-state index in [2.05, 4.69) is 6.08 Å². The third kappa shape index (κ3) is 12.6. The van der Waals surface area contributed by atoms with Gasteiger partial charge in [0.15, 0.2) is 0 Å². The second-order valence-electron chi connectivity index (χ2n) is 11.2. The third-order valence-electron chi connectivity index (χ3n) is 7.91. The highest BCUT2D eigenvalue weighted by Crippen LogP contribution is 2.43. The molecule has 13 heteroatoms. The first-order valence-electron chi connectivity index (χ1n) is 14.6. The Hall–Kier alpha value is -2.18. The zero-order valence-electron chi connectivity index (χ0n) is 24.1. The lowest BCUT2D eigenvalue weighted by Crippen LogP contribution is -2.46. The summed E-state index contributed by atoms with van der Waals surface area (Å²) < 4.78 is 22.2. The molecule has 1 saturated carbocycles. The summed E-state index contributed by atoms with van der Waals surface area (Å²) in [6, 6.07) is 0. The van der Waals surface area contributed by atoms with Gasteiger partial charge in [-0.15, -0.1) is 0 Å². The van der Waals surface area contributed by atoms with Crippen molar-refractivity contribution in [1.82, 2.24) is 0 Å². The van der Waals surface area contributed by atoms with Crippen molar-refractivity contribution in [2.75, 3.05) is 6.54 Å². The molecule has 0 bridgehead atoms. The fourth-order valence-electron chi connectivity index (χ4n) is 5.81. The number of ether oxygens (including phenoxy) is 1. The van der Waals surface area contributed by atoms with E-state index in [1.807, 2.05) is 13.0 Å². The first-order valence-corrected chi connectivity index (χ1v) is 16.1. The van der Waals surface area contributed by atoms with E-state index in [9.17, 15) is 38.9 Å². The molecule has 0 aromatic heterocycles. The molecule has 2 aliphatic rings. The van der Waals surface area contributed by atoms with Crippen molar-refractivity contribution >= 4 is 25.5 Å². The Bertz CT molecular complexity index is 1030. The number of aliphatic hydroxyl groups excluding tert-OH is 1. The van der Waals surface area contributed by atoms with E-state index in [1.165, 1.54) is 37.5 Å². The minimum absolute atomic E-state index is 0.0705. The highest BCUT2D eigenvalue weighted by molar-refractivity contribution is 7.46. The smallest absolute Gasteiger partial charge is 0.469 e. The quantitative estimate of drug-likeness (QED) is 0.0458. The molecule has 1 saturated heterocycles. The number of carbonyl (C=O) groups excluding carboxylic acids is 2. The van der Waals surface area contributed by atoms with Gasteiger partial charge in [0.25, 0.3) is 0 Å². The second-order valence-corrected chi connectivity index (χ2v) is 12.4. The molecule has 238 valence electrons. The van der Waals surface area contributed by atoms with E-state index in [0.29, 0.717) is 12.3 Å². The van der Waals surface area contributed by atoms with Crippen LogP contribution in [0.25, 0.3) is 0 Å². The van der Waals surface area contributed by atoms with E-state index in [0.717, 1.165) is 12.8 Å². The maximum absolute atomic E-state index is 12.4. The second kappa shape index (κ2) is 17.2. The molecular formula is C29H46NO11P. The molecule has 2 fully saturated rings. The van der Waals surface area contributed by atoms with Crippen LogP contribution in [0.2, 0.25) is 0 Å². The largest absolute Gasteiger partial charge is 0.481 e. The number of phosphoric ester groups is 1. The van der Waals surface area contributed by atoms with Gasteiger partial charge in [-0.25, -0.2) is 4.57 Å². The van der Waals surface area contributed by atoms with Gasteiger partial charge in [-0.1, -0.05) is 56.6 Å². The molecule has 2 rings (SSSR count). The van der Waals surface area contributed by atoms with Crippen LogP contribution in [0.15, 0.2) is 36.5 Å². The SMILES string of the molecule is CCC1C(CC(=O)CC(=O)O)CC(=O)OC1C=CC(O)(CCN)C(CC(O)C=CC=CC1CCCCC1)OP(=O)(O)O. The molecule has 1 heterocycles. The molecule has 1 aliphatic carbocycles. The van der Waals surface area contributed by atoms with E-state index in [-0.39, 0.29) is 38.1 Å². The summed E-state index contributed by atoms with van der Waals surface area (Å²) >= 11 is 0. The minimum Gasteiger partial charge on any atom is -0.481 e. The van der Waals surface area contributed by atoms with Crippen molar-refractivity contribution in [2.24, 2.45) is 23.5 Å². The van der Waals surface area contributed by atoms with Crippen LogP contribution < -0.4 is 5.73 Å². The van der Waals surface area contributed by atoms with Crippen molar-refractivity contribution in [3.63, 3.8) is 0 Å². The third-order valence-corrected chi connectivity index (χ3v) is 8.44. The Kier molecular flexibility index (Phi) is 14.7. The Balaban J connectivity index is 2.24. The zero-order chi connectivity index (χ0) is 31.3. The molecule has 6 atom stereocenters. The highest BCUT2D eigenvalue weighted by Gasteiger charge is 2.42. The van der Waals surface area contributed by atoms with Gasteiger partial charge >= 0.3 is 19.8 Å². The lowest BCUT2D eigenvalue weighted by atomic mass is 9.77. The topological polar surface area (TPSA) is 214 Å². The van der Waals surface area contributed by atoms with Crippen LogP contribution in [-0.2, 0) is 28.2 Å². The summed E-state index contributed by atoms with van der Waals surface area (Å²) in [5.41, 5.74) is 3.65. The van der Waals surface area contributed by atoms with Crippen LogP contribution in [-0.4, -0.2) is 73.3 Å². The van der Waals surface area contributed by atoms with Gasteiger partial charge in [-0.2, -0.15) is 0 Å². The number of esters is 1. The van der Waals surface area contributed by atoms with Crippen LogP contribution in [0, 0.1) is 17.8 Å². The van der Waals surface area contributed by atoms with Gasteiger partial charge < -0.3 is 35.6 Å². The lowest BCUT2D eigenvalue weighted by molar-refractivity contribution is -0.159. The summed E-state index contributed by atoms with van der Waals surface area (Å²) in [5, 5.41) is 31.1. The Morgan fingerprint density at radius 2 is 1.88 bits per heavy atom. The van der Waals surface area contributed by atoms with E-state index in [4.69, 9.17) is 20.1 Å². The zero-order valence-corrected chi connectivity index (χ0v) is 25.0. The van der Waals surface area contributed by atoms with E-state index in [1.54, 1.807) is 6.08 Å². The first kappa shape index (κ1) is 36.0. The van der Waals surface area contributed by atoms with Gasteiger partial charge in [0.05, 0.1) is 6.10 Å². The number of Topliss-reactive ketones (excluding diaryl/α,β-unsaturated/α-hetero) is 1. The number of allylic oxidation sites excluding steroid dienone is 3. The number of ketones is 1. The molecule has 42 heavy (non-hydrogen) atoms. The van der Waals surface area contributed by atoms with Gasteiger partial charge in [0.1, 0.15) is 30.0 Å².